The number of benzene rings is 3. The molecule has 1 aliphatic heterocycles. The average molecular weight is 502 g/mol. The molecule has 0 bridgehead atoms. The third-order valence-corrected chi connectivity index (χ3v) is 8.09. The fourth-order valence-electron chi connectivity index (χ4n) is 5.53. The Bertz CT molecular complexity index is 1110. The van der Waals surface area contributed by atoms with Gasteiger partial charge in [-0.25, -0.2) is 0 Å². The zero-order chi connectivity index (χ0) is 26.5. The molecule has 0 aliphatic carbocycles. The molecule has 3 aromatic carbocycles. The van der Waals surface area contributed by atoms with Crippen LogP contribution < -0.4 is 0 Å². The molecule has 0 spiro atoms. The summed E-state index contributed by atoms with van der Waals surface area (Å²) in [7, 11) is 0. The van der Waals surface area contributed by atoms with E-state index in [9.17, 15) is 20.1 Å². The van der Waals surface area contributed by atoms with Crippen LogP contribution in [0.3, 0.4) is 0 Å². The molecule has 1 saturated heterocycles. The first kappa shape index (κ1) is 27.1. The van der Waals surface area contributed by atoms with Crippen molar-refractivity contribution in [3.8, 4) is 0 Å². The second kappa shape index (κ2) is 11.6. The van der Waals surface area contributed by atoms with Crippen LogP contribution >= 0.6 is 0 Å². The zero-order valence-electron chi connectivity index (χ0n) is 21.9. The van der Waals surface area contributed by atoms with Gasteiger partial charge < -0.3 is 20.2 Å². The Morgan fingerprint density at radius 3 is 1.97 bits per heavy atom. The van der Waals surface area contributed by atoms with Gasteiger partial charge in [0.15, 0.2) is 0 Å². The summed E-state index contributed by atoms with van der Waals surface area (Å²) in [6.45, 7) is 6.07. The Hall–Kier alpha value is -2.99. The maximum absolute atomic E-state index is 12.1. The van der Waals surface area contributed by atoms with E-state index in [2.05, 4.69) is 4.90 Å². The number of carboxylic acid groups (broad SMARTS) is 1. The molecule has 37 heavy (non-hydrogen) atoms. The quantitative estimate of drug-likeness (QED) is 0.341. The van der Waals surface area contributed by atoms with Crippen molar-refractivity contribution < 1.29 is 20.1 Å². The van der Waals surface area contributed by atoms with E-state index in [1.807, 2.05) is 78.9 Å². The lowest BCUT2D eigenvalue weighted by Gasteiger charge is -2.42. The number of likely N-dealkylation sites (tertiary alicyclic amines) is 1. The Morgan fingerprint density at radius 1 is 0.892 bits per heavy atom. The summed E-state index contributed by atoms with van der Waals surface area (Å²) in [5.41, 5.74) is 1.33. The van der Waals surface area contributed by atoms with Gasteiger partial charge in [-0.2, -0.15) is 0 Å². The van der Waals surface area contributed by atoms with Crippen molar-refractivity contribution in [3.05, 3.63) is 107 Å². The van der Waals surface area contributed by atoms with Crippen molar-refractivity contribution >= 4 is 5.97 Å². The van der Waals surface area contributed by atoms with E-state index < -0.39 is 23.1 Å². The van der Waals surface area contributed by atoms with Crippen LogP contribution in [0.25, 0.3) is 0 Å². The number of aliphatic hydroxyl groups is 2. The van der Waals surface area contributed by atoms with Gasteiger partial charge in [0.1, 0.15) is 5.60 Å². The zero-order valence-corrected chi connectivity index (χ0v) is 21.9. The molecule has 196 valence electrons. The highest BCUT2D eigenvalue weighted by Crippen LogP contribution is 2.42. The van der Waals surface area contributed by atoms with Crippen LogP contribution in [0.2, 0.25) is 0 Å². The Kier molecular flexibility index (Phi) is 8.48. The monoisotopic (exact) mass is 501 g/mol. The van der Waals surface area contributed by atoms with E-state index in [1.165, 1.54) is 0 Å². The minimum atomic E-state index is -1.01. The van der Waals surface area contributed by atoms with Gasteiger partial charge in [-0.1, -0.05) is 84.9 Å². The molecule has 1 atom stereocenters. The van der Waals surface area contributed by atoms with Crippen molar-refractivity contribution in [2.24, 2.45) is 5.92 Å². The lowest BCUT2D eigenvalue weighted by Crippen LogP contribution is -2.44. The molecule has 0 radical (unpaired) electrons. The molecule has 0 amide bonds. The highest BCUT2D eigenvalue weighted by molar-refractivity contribution is 5.80. The molecule has 4 rings (SSSR count). The van der Waals surface area contributed by atoms with Crippen molar-refractivity contribution in [2.45, 2.75) is 56.7 Å². The van der Waals surface area contributed by atoms with Gasteiger partial charge in [0.25, 0.3) is 0 Å². The maximum atomic E-state index is 12.1. The van der Waals surface area contributed by atoms with Crippen molar-refractivity contribution in [1.82, 2.24) is 4.90 Å². The molecule has 1 aliphatic rings. The largest absolute Gasteiger partial charge is 0.481 e. The molecule has 5 heteroatoms. The number of carboxylic acids is 1. The molecule has 0 aromatic heterocycles. The number of piperidine rings is 1. The van der Waals surface area contributed by atoms with Crippen molar-refractivity contribution in [1.29, 1.82) is 0 Å². The number of rotatable bonds is 10. The topological polar surface area (TPSA) is 81.0 Å². The molecule has 1 fully saturated rings. The summed E-state index contributed by atoms with van der Waals surface area (Å²) in [6.07, 6.45) is 2.64. The summed E-state index contributed by atoms with van der Waals surface area (Å²) in [4.78, 5) is 14.0. The average Bonchev–Trinajstić information content (AvgIpc) is 2.94. The molecule has 3 aromatic rings. The molecule has 3 N–H and O–H groups in total. The minimum absolute atomic E-state index is 0.125. The Labute approximate surface area is 220 Å². The Balaban J connectivity index is 1.34. The van der Waals surface area contributed by atoms with Crippen LogP contribution in [0, 0.1) is 5.92 Å². The fourth-order valence-corrected chi connectivity index (χ4v) is 5.53. The summed E-state index contributed by atoms with van der Waals surface area (Å²) < 4.78 is 0. The van der Waals surface area contributed by atoms with Gasteiger partial charge in [0.2, 0.25) is 0 Å². The SMILES string of the molecule is CC(C)(C(=O)O)c1cccc(C(O)CCCN2CCC(C(O)(c3ccccc3)c3ccccc3)CC2)c1. The van der Waals surface area contributed by atoms with E-state index >= 15 is 0 Å². The van der Waals surface area contributed by atoms with Crippen LogP contribution in [-0.2, 0) is 15.8 Å². The summed E-state index contributed by atoms with van der Waals surface area (Å²) in [6, 6.07) is 27.3. The first-order valence-electron chi connectivity index (χ1n) is 13.3. The van der Waals surface area contributed by atoms with E-state index in [0.717, 1.165) is 55.6 Å². The third-order valence-electron chi connectivity index (χ3n) is 8.09. The molecule has 1 heterocycles. The predicted octanol–water partition coefficient (Wildman–Crippen LogP) is 5.51. The standard InChI is InChI=1S/C32H39NO4/c1-31(2,30(35)36)28-16-9-11-24(23-28)29(34)17-10-20-33-21-18-27(19-22-33)32(37,25-12-5-3-6-13-25)26-14-7-4-8-15-26/h3-9,11-16,23,27,29,34,37H,10,17-22H2,1-2H3,(H,35,36). The molecule has 5 nitrogen and oxygen atoms in total. The number of hydrogen-bond donors (Lipinski definition) is 3. The Morgan fingerprint density at radius 2 is 1.43 bits per heavy atom. The van der Waals surface area contributed by atoms with Crippen LogP contribution in [-0.4, -0.2) is 45.8 Å². The fraction of sp³-hybridized carbons (Fsp3) is 0.406. The lowest BCUT2D eigenvalue weighted by atomic mass is 9.72. The van der Waals surface area contributed by atoms with Gasteiger partial charge in [-0.05, 0) is 87.3 Å². The summed E-state index contributed by atoms with van der Waals surface area (Å²) in [5.74, 6) is -0.756. The molecular weight excluding hydrogens is 462 g/mol. The first-order chi connectivity index (χ1) is 17.7. The second-order valence-corrected chi connectivity index (χ2v) is 10.8. The second-order valence-electron chi connectivity index (χ2n) is 10.8. The van der Waals surface area contributed by atoms with E-state index in [4.69, 9.17) is 0 Å². The normalized spacial score (nSPS) is 16.4. The maximum Gasteiger partial charge on any atom is 0.313 e. The highest BCUT2D eigenvalue weighted by Gasteiger charge is 2.41. The minimum Gasteiger partial charge on any atom is -0.481 e. The molecule has 1 unspecified atom stereocenters. The van der Waals surface area contributed by atoms with E-state index in [1.54, 1.807) is 19.9 Å². The van der Waals surface area contributed by atoms with Gasteiger partial charge >= 0.3 is 5.97 Å². The number of hydrogen-bond acceptors (Lipinski definition) is 4. The smallest absolute Gasteiger partial charge is 0.313 e. The van der Waals surface area contributed by atoms with Gasteiger partial charge in [-0.15, -0.1) is 0 Å². The van der Waals surface area contributed by atoms with Crippen LogP contribution in [0.4, 0.5) is 0 Å². The number of nitrogens with zero attached hydrogens (tertiary/aromatic N) is 1. The number of aliphatic hydroxyl groups excluding tert-OH is 1. The molecule has 0 saturated carbocycles. The van der Waals surface area contributed by atoms with E-state index in [-0.39, 0.29) is 5.92 Å². The van der Waals surface area contributed by atoms with Crippen LogP contribution in [0.15, 0.2) is 84.9 Å². The number of carbonyl (C=O) groups is 1. The predicted molar refractivity (Wildman–Crippen MR) is 146 cm³/mol. The van der Waals surface area contributed by atoms with Gasteiger partial charge in [0, 0.05) is 0 Å². The first-order valence-corrected chi connectivity index (χ1v) is 13.3. The third kappa shape index (κ3) is 5.96. The van der Waals surface area contributed by atoms with Crippen LogP contribution in [0.5, 0.6) is 0 Å². The summed E-state index contributed by atoms with van der Waals surface area (Å²) >= 11 is 0. The molecular formula is C32H39NO4. The van der Waals surface area contributed by atoms with Gasteiger partial charge in [0.05, 0.1) is 11.5 Å². The highest BCUT2D eigenvalue weighted by atomic mass is 16.4. The summed E-state index contributed by atoms with van der Waals surface area (Å²) in [5, 5.41) is 32.4. The van der Waals surface area contributed by atoms with Crippen LogP contribution in [0.1, 0.15) is 67.9 Å². The van der Waals surface area contributed by atoms with Crippen molar-refractivity contribution in [3.63, 3.8) is 0 Å². The number of aliphatic carboxylic acids is 1. The van der Waals surface area contributed by atoms with Gasteiger partial charge in [-0.3, -0.25) is 4.79 Å². The van der Waals surface area contributed by atoms with Crippen molar-refractivity contribution in [2.75, 3.05) is 19.6 Å². The lowest BCUT2D eigenvalue weighted by molar-refractivity contribution is -0.142. The van der Waals surface area contributed by atoms with E-state index in [0.29, 0.717) is 12.0 Å².